The third kappa shape index (κ3) is 3.91. The Hall–Kier alpha value is -1.57. The Balaban J connectivity index is 1.69. The average Bonchev–Trinajstić information content (AvgIpc) is 2.78. The monoisotopic (exact) mass is 334 g/mol. The van der Waals surface area contributed by atoms with Gasteiger partial charge in [0, 0.05) is 25.3 Å². The van der Waals surface area contributed by atoms with E-state index >= 15 is 0 Å². The summed E-state index contributed by atoms with van der Waals surface area (Å²) in [5.74, 6) is -0.209. The van der Waals surface area contributed by atoms with Gasteiger partial charge in [-0.15, -0.1) is 0 Å². The molecule has 0 radical (unpaired) electrons. The van der Waals surface area contributed by atoms with E-state index in [2.05, 4.69) is 20.2 Å². The molecule has 0 spiro atoms. The highest BCUT2D eigenvalue weighted by Gasteiger charge is 2.35. The Kier molecular flexibility index (Phi) is 5.76. The number of aromatic nitrogens is 2. The van der Waals surface area contributed by atoms with E-state index < -0.39 is 6.10 Å². The molecule has 2 aliphatic rings. The van der Waals surface area contributed by atoms with Crippen molar-refractivity contribution in [3.63, 3.8) is 0 Å². The van der Waals surface area contributed by atoms with Crippen molar-refractivity contribution in [3.8, 4) is 0 Å². The van der Waals surface area contributed by atoms with Crippen molar-refractivity contribution in [1.29, 1.82) is 0 Å². The largest absolute Gasteiger partial charge is 0.389 e. The quantitative estimate of drug-likeness (QED) is 0.784. The fourth-order valence-electron chi connectivity index (χ4n) is 3.65. The highest BCUT2D eigenvalue weighted by atomic mass is 16.5. The molecule has 1 aliphatic carbocycles. The van der Waals surface area contributed by atoms with Crippen LogP contribution >= 0.6 is 0 Å². The number of carbonyl (C=O) groups is 1. The van der Waals surface area contributed by atoms with Crippen molar-refractivity contribution in [2.45, 2.75) is 50.8 Å². The second kappa shape index (κ2) is 8.00. The number of ether oxygens (including phenoxy) is 1. The van der Waals surface area contributed by atoms with Crippen molar-refractivity contribution in [2.75, 3.05) is 26.3 Å². The summed E-state index contributed by atoms with van der Waals surface area (Å²) in [6.45, 7) is 4.89. The topological polar surface area (TPSA) is 87.6 Å². The minimum atomic E-state index is -0.570. The summed E-state index contributed by atoms with van der Waals surface area (Å²) in [5, 5.41) is 13.9. The second-order valence-corrected chi connectivity index (χ2v) is 6.59. The van der Waals surface area contributed by atoms with Gasteiger partial charge in [-0.05, 0) is 19.8 Å². The standard InChI is InChI=1S/C17H26N4O3/c1-12-13(10-18-11-19-12)17(23)20-14-4-2-3-5-15(16(14)22)21-6-8-24-9-7-21/h10-11,14-16,22H,2-9H2,1H3,(H,20,23)/t14-,15-,16-/m1/s1. The molecule has 1 aromatic heterocycles. The normalized spacial score (nSPS) is 29.0. The highest BCUT2D eigenvalue weighted by Crippen LogP contribution is 2.24. The van der Waals surface area contributed by atoms with Crippen LogP contribution in [0.3, 0.4) is 0 Å². The van der Waals surface area contributed by atoms with Crippen LogP contribution in [0.4, 0.5) is 0 Å². The summed E-state index contributed by atoms with van der Waals surface area (Å²) < 4.78 is 5.41. The van der Waals surface area contributed by atoms with Gasteiger partial charge < -0.3 is 15.2 Å². The number of hydrogen-bond donors (Lipinski definition) is 2. The van der Waals surface area contributed by atoms with Crippen molar-refractivity contribution >= 4 is 5.91 Å². The van der Waals surface area contributed by atoms with Crippen molar-refractivity contribution in [2.24, 2.45) is 0 Å². The Morgan fingerprint density at radius 1 is 1.33 bits per heavy atom. The van der Waals surface area contributed by atoms with Crippen LogP contribution < -0.4 is 5.32 Å². The molecular weight excluding hydrogens is 308 g/mol. The van der Waals surface area contributed by atoms with E-state index in [0.717, 1.165) is 38.8 Å². The first-order chi connectivity index (χ1) is 11.7. The van der Waals surface area contributed by atoms with Gasteiger partial charge in [0.05, 0.1) is 36.6 Å². The number of aliphatic hydroxyl groups excluding tert-OH is 1. The molecule has 2 fully saturated rings. The lowest BCUT2D eigenvalue weighted by Crippen LogP contribution is -2.55. The summed E-state index contributed by atoms with van der Waals surface area (Å²) in [4.78, 5) is 22.8. The minimum absolute atomic E-state index is 0.0785. The Morgan fingerprint density at radius 2 is 2.08 bits per heavy atom. The van der Waals surface area contributed by atoms with Crippen LogP contribution in [-0.4, -0.2) is 70.4 Å². The predicted octanol–water partition coefficient (Wildman–Crippen LogP) is 0.519. The van der Waals surface area contributed by atoms with Gasteiger partial charge in [0.15, 0.2) is 0 Å². The first kappa shape index (κ1) is 17.3. The number of nitrogens with one attached hydrogen (secondary N) is 1. The number of nitrogens with zero attached hydrogens (tertiary/aromatic N) is 3. The van der Waals surface area contributed by atoms with Crippen LogP contribution in [0.5, 0.6) is 0 Å². The fraction of sp³-hybridized carbons (Fsp3) is 0.706. The van der Waals surface area contributed by atoms with E-state index in [9.17, 15) is 9.90 Å². The van der Waals surface area contributed by atoms with Gasteiger partial charge in [0.25, 0.3) is 5.91 Å². The molecule has 24 heavy (non-hydrogen) atoms. The number of carbonyl (C=O) groups excluding carboxylic acids is 1. The lowest BCUT2D eigenvalue weighted by Gasteiger charge is -2.38. The van der Waals surface area contributed by atoms with E-state index in [-0.39, 0.29) is 18.0 Å². The van der Waals surface area contributed by atoms with Gasteiger partial charge in [-0.3, -0.25) is 9.69 Å². The lowest BCUT2D eigenvalue weighted by atomic mass is 9.99. The zero-order valence-corrected chi connectivity index (χ0v) is 14.1. The van der Waals surface area contributed by atoms with Crippen LogP contribution in [-0.2, 0) is 4.74 Å². The highest BCUT2D eigenvalue weighted by molar-refractivity contribution is 5.95. The van der Waals surface area contributed by atoms with Gasteiger partial charge in [0.2, 0.25) is 0 Å². The lowest BCUT2D eigenvalue weighted by molar-refractivity contribution is -0.0308. The van der Waals surface area contributed by atoms with Crippen LogP contribution in [0.1, 0.15) is 41.7 Å². The first-order valence-corrected chi connectivity index (χ1v) is 8.74. The zero-order chi connectivity index (χ0) is 16.9. The molecular formula is C17H26N4O3. The van der Waals surface area contributed by atoms with E-state index in [0.29, 0.717) is 24.5 Å². The maximum Gasteiger partial charge on any atom is 0.255 e. The van der Waals surface area contributed by atoms with Gasteiger partial charge in [-0.25, -0.2) is 9.97 Å². The molecule has 132 valence electrons. The Bertz CT molecular complexity index is 563. The molecule has 1 saturated heterocycles. The molecule has 0 unspecified atom stereocenters. The molecule has 7 heteroatoms. The molecule has 2 heterocycles. The van der Waals surface area contributed by atoms with Gasteiger partial charge in [0.1, 0.15) is 6.33 Å². The van der Waals surface area contributed by atoms with Crippen LogP contribution in [0.25, 0.3) is 0 Å². The number of amides is 1. The third-order valence-corrected chi connectivity index (χ3v) is 5.06. The number of morpholine rings is 1. The van der Waals surface area contributed by atoms with E-state index in [4.69, 9.17) is 4.74 Å². The molecule has 0 aromatic carbocycles. The predicted molar refractivity (Wildman–Crippen MR) is 88.7 cm³/mol. The van der Waals surface area contributed by atoms with E-state index in [1.807, 2.05) is 0 Å². The van der Waals surface area contributed by atoms with E-state index in [1.165, 1.54) is 12.5 Å². The van der Waals surface area contributed by atoms with Gasteiger partial charge in [-0.1, -0.05) is 12.8 Å². The minimum Gasteiger partial charge on any atom is -0.389 e. The summed E-state index contributed by atoms with van der Waals surface area (Å²) in [5.41, 5.74) is 1.12. The molecule has 0 bridgehead atoms. The van der Waals surface area contributed by atoms with Crippen LogP contribution in [0, 0.1) is 6.92 Å². The molecule has 7 nitrogen and oxygen atoms in total. The third-order valence-electron chi connectivity index (χ3n) is 5.06. The number of aliphatic hydroxyl groups is 1. The van der Waals surface area contributed by atoms with E-state index in [1.54, 1.807) is 6.92 Å². The smallest absolute Gasteiger partial charge is 0.255 e. The molecule has 3 atom stereocenters. The maximum atomic E-state index is 12.5. The van der Waals surface area contributed by atoms with Crippen molar-refractivity contribution < 1.29 is 14.6 Å². The molecule has 1 aromatic rings. The average molecular weight is 334 g/mol. The van der Waals surface area contributed by atoms with Crippen molar-refractivity contribution in [3.05, 3.63) is 23.8 Å². The second-order valence-electron chi connectivity index (χ2n) is 6.59. The number of rotatable bonds is 3. The Labute approximate surface area is 142 Å². The summed E-state index contributed by atoms with van der Waals surface area (Å²) in [6.07, 6.45) is 6.22. The molecule has 1 aliphatic heterocycles. The summed E-state index contributed by atoms with van der Waals surface area (Å²) in [6, 6.07) is -0.165. The SMILES string of the molecule is Cc1ncncc1C(=O)N[C@@H]1CCCC[C@@H](N2CCOCC2)[C@@H]1O. The summed E-state index contributed by atoms with van der Waals surface area (Å²) >= 11 is 0. The number of aryl methyl sites for hydroxylation is 1. The van der Waals surface area contributed by atoms with Crippen LogP contribution in [0.15, 0.2) is 12.5 Å². The van der Waals surface area contributed by atoms with Crippen LogP contribution in [0.2, 0.25) is 0 Å². The van der Waals surface area contributed by atoms with Gasteiger partial charge >= 0.3 is 0 Å². The van der Waals surface area contributed by atoms with Crippen molar-refractivity contribution in [1.82, 2.24) is 20.2 Å². The Morgan fingerprint density at radius 3 is 2.83 bits per heavy atom. The fourth-order valence-corrected chi connectivity index (χ4v) is 3.65. The maximum absolute atomic E-state index is 12.5. The zero-order valence-electron chi connectivity index (χ0n) is 14.1. The van der Waals surface area contributed by atoms with Gasteiger partial charge in [-0.2, -0.15) is 0 Å². The molecule has 3 rings (SSSR count). The molecule has 1 saturated carbocycles. The molecule has 1 amide bonds. The first-order valence-electron chi connectivity index (χ1n) is 8.74. The molecule has 2 N–H and O–H groups in total. The summed E-state index contributed by atoms with van der Waals surface area (Å²) in [7, 11) is 0. The number of hydrogen-bond acceptors (Lipinski definition) is 6.